The number of carboxylic acids is 1. The van der Waals surface area contributed by atoms with Gasteiger partial charge in [-0.1, -0.05) is 58.3 Å². The molecule has 21 heavy (non-hydrogen) atoms. The van der Waals surface area contributed by atoms with Crippen molar-refractivity contribution in [2.45, 2.75) is 77.6 Å². The molecule has 0 aliphatic rings. The van der Waals surface area contributed by atoms with Gasteiger partial charge in [0.15, 0.2) is 0 Å². The molecule has 0 bridgehead atoms. The van der Waals surface area contributed by atoms with E-state index in [1.807, 2.05) is 0 Å². The molecule has 4 nitrogen and oxygen atoms in total. The minimum absolute atomic E-state index is 0. The maximum absolute atomic E-state index is 11.7. The van der Waals surface area contributed by atoms with Crippen LogP contribution in [-0.4, -0.2) is 30.4 Å². The number of carboxylic acid groups (broad SMARTS) is 1. The predicted molar refractivity (Wildman–Crippen MR) is 79.1 cm³/mol. The van der Waals surface area contributed by atoms with Crippen LogP contribution in [0.3, 0.4) is 0 Å². The maximum Gasteiger partial charge on any atom is 1.00 e. The van der Waals surface area contributed by atoms with Crippen molar-refractivity contribution in [2.75, 3.05) is 13.6 Å². The Morgan fingerprint density at radius 1 is 0.857 bits per heavy atom. The Hall–Kier alpha value is 0.576. The van der Waals surface area contributed by atoms with E-state index in [1.165, 1.54) is 49.8 Å². The number of carbonyl (C=O) groups excluding carboxylic acids is 2. The van der Waals surface area contributed by atoms with Gasteiger partial charge < -0.3 is 14.8 Å². The van der Waals surface area contributed by atoms with Gasteiger partial charge in [-0.15, -0.1) is 0 Å². The first-order valence-corrected chi connectivity index (χ1v) is 8.01. The number of carbonyl (C=O) groups is 2. The van der Waals surface area contributed by atoms with Crippen molar-refractivity contribution in [3.8, 4) is 0 Å². The number of hydrogen-bond acceptors (Lipinski definition) is 3. The largest absolute Gasteiger partial charge is 1.00 e. The summed E-state index contributed by atoms with van der Waals surface area (Å²) in [6, 6.07) is 0. The van der Waals surface area contributed by atoms with Gasteiger partial charge in [-0.3, -0.25) is 4.79 Å². The Labute approximate surface area is 172 Å². The van der Waals surface area contributed by atoms with Gasteiger partial charge in [-0.2, -0.15) is 0 Å². The van der Waals surface area contributed by atoms with Crippen LogP contribution >= 0.6 is 0 Å². The number of amides is 1. The molecular weight excluding hydrogens is 293 g/mol. The Morgan fingerprint density at radius 2 is 1.33 bits per heavy atom. The van der Waals surface area contributed by atoms with Crippen molar-refractivity contribution < 1.29 is 66.1 Å². The summed E-state index contributed by atoms with van der Waals surface area (Å²) in [7, 11) is 1.65. The average molecular weight is 324 g/mol. The van der Waals surface area contributed by atoms with E-state index in [-0.39, 0.29) is 70.3 Å². The van der Waals surface area contributed by atoms with Crippen molar-refractivity contribution in [3.05, 3.63) is 0 Å². The van der Waals surface area contributed by atoms with E-state index in [1.54, 1.807) is 7.05 Å². The topological polar surface area (TPSA) is 60.4 Å². The second kappa shape index (κ2) is 16.9. The quantitative estimate of drug-likeness (QED) is 0.339. The van der Waals surface area contributed by atoms with E-state index in [0.717, 1.165) is 12.8 Å². The van der Waals surface area contributed by atoms with Gasteiger partial charge in [-0.25, -0.2) is 0 Å². The number of hydrogen-bond donors (Lipinski definition) is 0. The number of aliphatic carboxylic acids is 1. The Bertz CT molecular complexity index is 272. The second-order valence-corrected chi connectivity index (χ2v) is 5.52. The standard InChI is InChI=1S/C16H31NO3.K/c1-3-4-5-6-7-8-9-10-11-12-15(18)17(2)14-13-16(19)20;/h3-14H2,1-2H3,(H,19,20);/q;+1/p-1. The predicted octanol–water partition coefficient (Wildman–Crippen LogP) is -0.490. The van der Waals surface area contributed by atoms with Crippen molar-refractivity contribution in [1.29, 1.82) is 0 Å². The third-order valence-electron chi connectivity index (χ3n) is 3.57. The minimum Gasteiger partial charge on any atom is -0.550 e. The van der Waals surface area contributed by atoms with Crippen LogP contribution in [0.15, 0.2) is 0 Å². The molecule has 0 radical (unpaired) electrons. The van der Waals surface area contributed by atoms with E-state index in [9.17, 15) is 14.7 Å². The van der Waals surface area contributed by atoms with Crippen LogP contribution in [0, 0.1) is 0 Å². The molecule has 0 aromatic rings. The summed E-state index contributed by atoms with van der Waals surface area (Å²) in [4.78, 5) is 23.5. The van der Waals surface area contributed by atoms with Crippen molar-refractivity contribution >= 4 is 11.9 Å². The van der Waals surface area contributed by atoms with Gasteiger partial charge in [0.05, 0.1) is 0 Å². The van der Waals surface area contributed by atoms with Crippen molar-refractivity contribution in [3.63, 3.8) is 0 Å². The second-order valence-electron chi connectivity index (χ2n) is 5.52. The summed E-state index contributed by atoms with van der Waals surface area (Å²) < 4.78 is 0. The molecule has 1 amide bonds. The zero-order valence-electron chi connectivity index (χ0n) is 14.2. The first-order valence-electron chi connectivity index (χ1n) is 8.01. The molecule has 0 aromatic carbocycles. The molecule has 0 atom stereocenters. The molecule has 0 heterocycles. The molecular formula is C16H30KNO3. The molecule has 0 rings (SSSR count). The SMILES string of the molecule is CCCCCCCCCCCC(=O)N(C)CCC(=O)[O-].[K+]. The van der Waals surface area contributed by atoms with E-state index in [0.29, 0.717) is 6.42 Å². The molecule has 0 saturated carbocycles. The molecule has 118 valence electrons. The fourth-order valence-corrected chi connectivity index (χ4v) is 2.16. The minimum atomic E-state index is -1.10. The first-order chi connectivity index (χ1) is 9.57. The van der Waals surface area contributed by atoms with Crippen LogP contribution in [-0.2, 0) is 9.59 Å². The van der Waals surface area contributed by atoms with E-state index in [2.05, 4.69) is 6.92 Å². The Kier molecular flexibility index (Phi) is 19.2. The summed E-state index contributed by atoms with van der Waals surface area (Å²) in [6.07, 6.45) is 11.5. The monoisotopic (exact) mass is 323 g/mol. The van der Waals surface area contributed by atoms with E-state index in [4.69, 9.17) is 0 Å². The zero-order valence-corrected chi connectivity index (χ0v) is 17.3. The van der Waals surface area contributed by atoms with Crippen LogP contribution < -0.4 is 56.5 Å². The molecule has 5 heteroatoms. The summed E-state index contributed by atoms with van der Waals surface area (Å²) >= 11 is 0. The van der Waals surface area contributed by atoms with Crippen LogP contribution in [0.1, 0.15) is 77.6 Å². The van der Waals surface area contributed by atoms with Gasteiger partial charge in [-0.05, 0) is 6.42 Å². The molecule has 0 unspecified atom stereocenters. The summed E-state index contributed by atoms with van der Waals surface area (Å²) in [6.45, 7) is 2.47. The smallest absolute Gasteiger partial charge is 0.550 e. The Morgan fingerprint density at radius 3 is 1.81 bits per heavy atom. The summed E-state index contributed by atoms with van der Waals surface area (Å²) in [5.41, 5.74) is 0. The van der Waals surface area contributed by atoms with Crippen LogP contribution in [0.4, 0.5) is 0 Å². The number of unbranched alkanes of at least 4 members (excludes halogenated alkanes) is 8. The van der Waals surface area contributed by atoms with Crippen LogP contribution in [0.2, 0.25) is 0 Å². The van der Waals surface area contributed by atoms with Gasteiger partial charge in [0, 0.05) is 32.4 Å². The van der Waals surface area contributed by atoms with Gasteiger partial charge in [0.25, 0.3) is 0 Å². The zero-order chi connectivity index (χ0) is 15.2. The number of nitrogens with zero attached hydrogens (tertiary/aromatic N) is 1. The van der Waals surface area contributed by atoms with E-state index >= 15 is 0 Å². The fraction of sp³-hybridized carbons (Fsp3) is 0.875. The molecule has 0 aromatic heterocycles. The molecule has 0 aliphatic carbocycles. The van der Waals surface area contributed by atoms with Crippen LogP contribution in [0.5, 0.6) is 0 Å². The first kappa shape index (κ1) is 23.8. The summed E-state index contributed by atoms with van der Waals surface area (Å²) in [5.74, 6) is -1.07. The third kappa shape index (κ3) is 16.8. The normalized spacial score (nSPS) is 10.0. The van der Waals surface area contributed by atoms with E-state index < -0.39 is 5.97 Å². The van der Waals surface area contributed by atoms with Crippen LogP contribution in [0.25, 0.3) is 0 Å². The third-order valence-corrected chi connectivity index (χ3v) is 3.57. The van der Waals surface area contributed by atoms with Crippen molar-refractivity contribution in [1.82, 2.24) is 4.90 Å². The molecule has 0 N–H and O–H groups in total. The van der Waals surface area contributed by atoms with Gasteiger partial charge >= 0.3 is 51.4 Å². The molecule has 0 fully saturated rings. The Balaban J connectivity index is 0. The van der Waals surface area contributed by atoms with Crippen molar-refractivity contribution in [2.24, 2.45) is 0 Å². The summed E-state index contributed by atoms with van der Waals surface area (Å²) in [5, 5.41) is 10.3. The average Bonchev–Trinajstić information content (AvgIpc) is 2.42. The molecule has 0 spiro atoms. The fourth-order valence-electron chi connectivity index (χ4n) is 2.16. The van der Waals surface area contributed by atoms with Gasteiger partial charge in [0.1, 0.15) is 0 Å². The maximum atomic E-state index is 11.7. The number of rotatable bonds is 13. The molecule has 0 aliphatic heterocycles. The van der Waals surface area contributed by atoms with Gasteiger partial charge in [0.2, 0.25) is 5.91 Å². The molecule has 0 saturated heterocycles.